The van der Waals surface area contributed by atoms with Crippen LogP contribution in [0.15, 0.2) is 0 Å². The molecule has 0 bridgehead atoms. The summed E-state index contributed by atoms with van der Waals surface area (Å²) in [4.78, 5) is 0. The van der Waals surface area contributed by atoms with Gasteiger partial charge in [0.25, 0.3) is 0 Å². The summed E-state index contributed by atoms with van der Waals surface area (Å²) < 4.78 is 187. The minimum atomic E-state index is -5.65. The Hall–Kier alpha value is 2.80. The van der Waals surface area contributed by atoms with Gasteiger partial charge in [0, 0.05) is 0 Å². The predicted octanol–water partition coefficient (Wildman–Crippen LogP) is -23.8. The van der Waals surface area contributed by atoms with E-state index in [-0.39, 0.29) is 118 Å². The first-order chi connectivity index (χ1) is 27.9. The summed E-state index contributed by atoms with van der Waals surface area (Å²) in [5.74, 6) is 0. The summed E-state index contributed by atoms with van der Waals surface area (Å²) in [7, 11) is -22.1. The van der Waals surface area contributed by atoms with Crippen molar-refractivity contribution in [2.24, 2.45) is 0 Å². The maximum absolute atomic E-state index is 11.3. The van der Waals surface area contributed by atoms with Crippen LogP contribution in [0.4, 0.5) is 0 Å². The van der Waals surface area contributed by atoms with E-state index in [2.05, 4.69) is 16.7 Å². The van der Waals surface area contributed by atoms with Crippen LogP contribution in [-0.2, 0) is 91.5 Å². The summed E-state index contributed by atoms with van der Waals surface area (Å²) >= 11 is 0. The molecule has 0 aliphatic carbocycles. The molecule has 0 saturated carbocycles. The van der Waals surface area contributed by atoms with Crippen molar-refractivity contribution >= 4 is 41.6 Å². The Kier molecular flexibility index (Phi) is 29.1. The maximum atomic E-state index is 11.3. The van der Waals surface area contributed by atoms with Gasteiger partial charge in [-0.05, 0) is 0 Å². The van der Waals surface area contributed by atoms with Crippen LogP contribution in [0.2, 0.25) is 0 Å². The number of aliphatic hydroxyl groups excluding tert-OH is 10. The molecule has 360 valence electrons. The molecule has 0 aromatic rings. The van der Waals surface area contributed by atoms with Crippen molar-refractivity contribution in [2.45, 2.75) is 123 Å². The Morgan fingerprint density at radius 3 is 0.800 bits per heavy atom. The van der Waals surface area contributed by atoms with Crippen molar-refractivity contribution in [1.29, 1.82) is 0 Å². The van der Waals surface area contributed by atoms with Crippen LogP contribution in [0.25, 0.3) is 0 Å². The first-order valence-corrected chi connectivity index (χ1v) is 22.0. The van der Waals surface area contributed by atoms with E-state index < -0.39 is 191 Å². The summed E-state index contributed by atoms with van der Waals surface area (Å²) in [6.07, 6.45) is -45.8. The number of ether oxygens (including phenoxy) is 7. The molecular weight excluding hydrogens is 1040 g/mol. The average molecular weight is 1070 g/mol. The van der Waals surface area contributed by atoms with E-state index in [1.165, 1.54) is 0 Å². The number of hydrogen-bond acceptors (Lipinski definition) is 33. The van der Waals surface area contributed by atoms with Crippen LogP contribution >= 0.6 is 0 Å². The Bertz CT molecular complexity index is 1910. The average Bonchev–Trinajstić information content (AvgIpc) is 3.13. The van der Waals surface area contributed by atoms with Gasteiger partial charge in [-0.2, -0.15) is 0 Å². The molecule has 4 rings (SSSR count). The second-order valence-electron chi connectivity index (χ2n) is 13.2. The molecule has 33 nitrogen and oxygen atoms in total. The van der Waals surface area contributed by atoms with Gasteiger partial charge in [0.2, 0.25) is 41.6 Å². The fourth-order valence-electron chi connectivity index (χ4n) is 6.02. The van der Waals surface area contributed by atoms with E-state index in [1.807, 2.05) is 0 Å². The Morgan fingerprint density at radius 1 is 0.323 bits per heavy atom. The third kappa shape index (κ3) is 19.9. The smallest absolute Gasteiger partial charge is 0.726 e. The van der Waals surface area contributed by atoms with E-state index in [9.17, 15) is 103 Å². The second kappa shape index (κ2) is 27.9. The maximum Gasteiger partial charge on any atom is 1.00 e. The molecule has 4 fully saturated rings. The third-order valence-corrected chi connectivity index (χ3v) is 10.7. The van der Waals surface area contributed by atoms with Crippen molar-refractivity contribution in [3.8, 4) is 0 Å². The van der Waals surface area contributed by atoms with Gasteiger partial charge in [-0.3, -0.25) is 16.7 Å². The minimum Gasteiger partial charge on any atom is -0.726 e. The molecule has 0 aromatic carbocycles. The van der Waals surface area contributed by atoms with Crippen molar-refractivity contribution in [3.05, 3.63) is 0 Å². The monoisotopic (exact) mass is 1070 g/mol. The number of aliphatic hydroxyl groups is 10. The van der Waals surface area contributed by atoms with Gasteiger partial charge in [-0.15, -0.1) is 0 Å². The number of hydrogen-bond donors (Lipinski definition) is 10. The molecule has 0 radical (unpaired) electrons. The summed E-state index contributed by atoms with van der Waals surface area (Å²) in [6.45, 7) is -5.53. The fourth-order valence-corrected chi connectivity index (χ4v) is 7.22. The van der Waals surface area contributed by atoms with Crippen molar-refractivity contribution in [3.63, 3.8) is 0 Å². The second-order valence-corrected chi connectivity index (χ2v) is 17.4. The first kappa shape index (κ1) is 67.8. The predicted molar refractivity (Wildman–Crippen MR) is 168 cm³/mol. The van der Waals surface area contributed by atoms with Crippen LogP contribution in [0.5, 0.6) is 0 Å². The molecule has 0 amide bonds. The molecule has 4 heterocycles. The van der Waals surface area contributed by atoms with Crippen molar-refractivity contribution in [1.82, 2.24) is 0 Å². The molecule has 4 aliphatic rings. The van der Waals surface area contributed by atoms with Gasteiger partial charge in [0.05, 0.1) is 26.4 Å². The Labute approximate surface area is 456 Å². The van der Waals surface area contributed by atoms with Gasteiger partial charge < -0.3 is 102 Å². The van der Waals surface area contributed by atoms with Crippen LogP contribution in [0, 0.1) is 0 Å². The molecule has 41 heteroatoms. The van der Waals surface area contributed by atoms with Crippen molar-refractivity contribution < 1.29 is 271 Å². The Balaban J connectivity index is 0.0000102. The van der Waals surface area contributed by atoms with Crippen molar-refractivity contribution in [2.75, 3.05) is 26.4 Å². The zero-order valence-corrected chi connectivity index (χ0v) is 45.1. The molecule has 65 heavy (non-hydrogen) atoms. The molecule has 0 spiro atoms. The molecule has 0 aromatic heterocycles. The van der Waals surface area contributed by atoms with Crippen LogP contribution < -0.4 is 118 Å². The van der Waals surface area contributed by atoms with Crippen LogP contribution in [0.3, 0.4) is 0 Å². The minimum absolute atomic E-state index is 0. The number of rotatable bonds is 18. The van der Waals surface area contributed by atoms with Gasteiger partial charge in [-0.1, -0.05) is 0 Å². The molecule has 20 atom stereocenters. The van der Waals surface area contributed by atoms with E-state index >= 15 is 0 Å². The van der Waals surface area contributed by atoms with E-state index in [0.717, 1.165) is 0 Å². The van der Waals surface area contributed by atoms with Gasteiger partial charge in [0.1, 0.15) is 97.7 Å². The van der Waals surface area contributed by atoms with Crippen LogP contribution in [-0.4, -0.2) is 252 Å². The third-order valence-electron chi connectivity index (χ3n) is 8.98. The molecule has 4 aliphatic heterocycles. The van der Waals surface area contributed by atoms with Gasteiger partial charge >= 0.3 is 118 Å². The normalized spacial score (nSPS) is 40.6. The van der Waals surface area contributed by atoms with E-state index in [1.54, 1.807) is 0 Å². The topological polar surface area (TPSA) is 533 Å². The molecule has 4 saturated heterocycles. The zero-order chi connectivity index (χ0) is 46.2. The quantitative estimate of drug-likeness (QED) is 0.0346. The largest absolute Gasteiger partial charge is 1.00 e. The fraction of sp³-hybridized carbons (Fsp3) is 1.00. The SMILES string of the molecule is O=S(=O)([O-])OC[C@H]1O[C@H](O[C@H]2O[C@H](COS(=O)(=O)[O-])[C@@H](O[C@@H]3O[C@H](COS(=O)(=O)[O-])[C@@H](O[C@H]4O[C@H](COS(=O)(=O)[O-])[C@@H](O)[C@H](O)[C@H]4O)[C@H](O)[C@H]3O)[C@H](O)[C@H]2O)[C@H](O)[C@@H](O)[C@@H]1O.[Na+].[Na+].[Na+].[Na+]. The molecule has 0 unspecified atom stereocenters. The zero-order valence-electron chi connectivity index (χ0n) is 33.9. The summed E-state index contributed by atoms with van der Waals surface area (Å²) in [6, 6.07) is 0. The summed E-state index contributed by atoms with van der Waals surface area (Å²) in [5, 5.41) is 106. The van der Waals surface area contributed by atoms with E-state index in [0.29, 0.717) is 0 Å². The molecular formula is C24H38Na4O33S4. The van der Waals surface area contributed by atoms with Crippen LogP contribution in [0.1, 0.15) is 0 Å². The summed E-state index contributed by atoms with van der Waals surface area (Å²) in [5.41, 5.74) is 0. The Morgan fingerprint density at radius 2 is 0.538 bits per heavy atom. The standard InChI is InChI=1S/C24H42O33S4.4Na/c25-9-5(1-47-58(35,36)37)51-21(15(31)11(9)27)55-19-7(3-49-60(41,42)43)53-22(17(33)13(19)29)56-20-8(4-50-61(44,45)46)54-24(18(34)14(20)30)57-23-16(32)12(28)10(26)6(52-23)2-48-59(38,39)40;;;;/h5-34H,1-4H2,(H,35,36,37)(H,38,39,40)(H,41,42,43)(H,44,45,46);;;;/q;4*+1/p-4/t5-,6-,7-,8-,9-,10-,11+,12+,13-,14-,15-,16-,17-,18-,19-,20-,21-,22+,23-,24-;;;;/m1..../s1. The van der Waals surface area contributed by atoms with E-state index in [4.69, 9.17) is 33.2 Å². The first-order valence-electron chi connectivity index (χ1n) is 16.7. The van der Waals surface area contributed by atoms with Gasteiger partial charge in [-0.25, -0.2) is 33.7 Å². The molecule has 10 N–H and O–H groups in total. The van der Waals surface area contributed by atoms with Gasteiger partial charge in [0.15, 0.2) is 25.2 Å².